The lowest BCUT2D eigenvalue weighted by Crippen LogP contribution is -2.26. The van der Waals surface area contributed by atoms with E-state index in [1.165, 1.54) is 7.11 Å². The molecule has 0 saturated heterocycles. The Balaban J connectivity index is 2.50. The molecular formula is C10H15F3N8O2. The first kappa shape index (κ1) is 18.3. The number of anilines is 1. The quantitative estimate of drug-likeness (QED) is 0.380. The van der Waals surface area contributed by atoms with Crippen molar-refractivity contribution in [2.24, 2.45) is 10.7 Å². The zero-order valence-electron chi connectivity index (χ0n) is 12.1. The van der Waals surface area contributed by atoms with Crippen LogP contribution in [0.25, 0.3) is 0 Å². The van der Waals surface area contributed by atoms with E-state index in [9.17, 15) is 18.0 Å². The lowest BCUT2D eigenvalue weighted by Gasteiger charge is -2.03. The number of ether oxygens (including phenoxy) is 1. The van der Waals surface area contributed by atoms with Gasteiger partial charge in [-0.1, -0.05) is 5.10 Å². The molecule has 0 aliphatic rings. The predicted molar refractivity (Wildman–Crippen MR) is 73.0 cm³/mol. The number of hydrogen-bond acceptors (Lipinski definition) is 7. The maximum absolute atomic E-state index is 12.0. The van der Waals surface area contributed by atoms with Crippen LogP contribution in [0.2, 0.25) is 0 Å². The van der Waals surface area contributed by atoms with Crippen LogP contribution in [0, 0.1) is 5.41 Å². The molecule has 1 aromatic rings. The van der Waals surface area contributed by atoms with Crippen molar-refractivity contribution in [2.75, 3.05) is 19.0 Å². The average molecular weight is 336 g/mol. The molecular weight excluding hydrogens is 321 g/mol. The molecule has 0 saturated carbocycles. The van der Waals surface area contributed by atoms with E-state index in [2.05, 4.69) is 30.5 Å². The van der Waals surface area contributed by atoms with E-state index in [0.29, 0.717) is 6.42 Å². The fourth-order valence-electron chi connectivity index (χ4n) is 1.31. The Morgan fingerprint density at radius 1 is 1.48 bits per heavy atom. The van der Waals surface area contributed by atoms with Crippen molar-refractivity contribution in [2.45, 2.75) is 25.4 Å². The molecule has 4 N–H and O–H groups in total. The van der Waals surface area contributed by atoms with Crippen LogP contribution in [0.15, 0.2) is 4.99 Å². The summed E-state index contributed by atoms with van der Waals surface area (Å²) >= 11 is 0. The predicted octanol–water partition coefficient (Wildman–Crippen LogP) is 0.131. The Labute approximate surface area is 128 Å². The van der Waals surface area contributed by atoms with Crippen LogP contribution in [0.3, 0.4) is 0 Å². The second-order valence-corrected chi connectivity index (χ2v) is 4.22. The number of carbonyl (C=O) groups excluding carboxylic acids is 1. The van der Waals surface area contributed by atoms with Gasteiger partial charge in [0, 0.05) is 12.8 Å². The summed E-state index contributed by atoms with van der Waals surface area (Å²) in [5.41, 5.74) is 5.24. The standard InChI is InChI=1S/C10H15F3N8O2/c1-23-7(22)4-2-3-6(14)21-19-9(18-20-21)17-8(15)16-5-10(11,12)13/h14H,2-5H2,1H3,(H3,15,16,17,19). The average Bonchev–Trinajstić information content (AvgIpc) is 2.92. The van der Waals surface area contributed by atoms with Crippen LogP contribution in [0.4, 0.5) is 19.1 Å². The summed E-state index contributed by atoms with van der Waals surface area (Å²) in [7, 11) is 1.26. The second-order valence-electron chi connectivity index (χ2n) is 4.22. The number of tetrazole rings is 1. The number of halogens is 3. The van der Waals surface area contributed by atoms with E-state index in [0.717, 1.165) is 4.80 Å². The molecule has 1 heterocycles. The zero-order valence-corrected chi connectivity index (χ0v) is 12.1. The molecule has 0 bridgehead atoms. The first-order valence-corrected chi connectivity index (χ1v) is 6.29. The molecule has 1 rings (SSSR count). The van der Waals surface area contributed by atoms with Crippen molar-refractivity contribution in [1.29, 1.82) is 5.41 Å². The number of guanidine groups is 1. The second kappa shape index (κ2) is 8.05. The summed E-state index contributed by atoms with van der Waals surface area (Å²) in [4.78, 5) is 14.8. The number of methoxy groups -OCH3 is 1. The Morgan fingerprint density at radius 2 is 2.17 bits per heavy atom. The Kier molecular flexibility index (Phi) is 6.41. The Bertz CT molecular complexity index is 583. The molecule has 0 aliphatic carbocycles. The number of nitrogens with zero attached hydrogens (tertiary/aromatic N) is 5. The van der Waals surface area contributed by atoms with Crippen LogP contribution in [0.5, 0.6) is 0 Å². The van der Waals surface area contributed by atoms with Crippen molar-refractivity contribution in [1.82, 2.24) is 20.2 Å². The first-order chi connectivity index (χ1) is 10.7. The minimum absolute atomic E-state index is 0.0553. The van der Waals surface area contributed by atoms with Crippen LogP contribution in [0.1, 0.15) is 19.3 Å². The van der Waals surface area contributed by atoms with Gasteiger partial charge in [0.15, 0.2) is 5.96 Å². The molecule has 23 heavy (non-hydrogen) atoms. The van der Waals surface area contributed by atoms with E-state index < -0.39 is 24.6 Å². The third-order valence-electron chi connectivity index (χ3n) is 2.35. The number of alkyl halides is 3. The number of nitrogens with two attached hydrogens (primary N) is 1. The molecule has 128 valence electrons. The Morgan fingerprint density at radius 3 is 2.78 bits per heavy atom. The van der Waals surface area contributed by atoms with Gasteiger partial charge in [-0.3, -0.25) is 15.5 Å². The van der Waals surface area contributed by atoms with E-state index in [4.69, 9.17) is 11.1 Å². The van der Waals surface area contributed by atoms with Gasteiger partial charge in [0.25, 0.3) is 5.95 Å². The molecule has 0 aromatic carbocycles. The minimum atomic E-state index is -4.47. The molecule has 0 amide bonds. The highest BCUT2D eigenvalue weighted by Crippen LogP contribution is 2.14. The van der Waals surface area contributed by atoms with E-state index in [1.807, 2.05) is 0 Å². The number of carbonyl (C=O) groups is 1. The van der Waals surface area contributed by atoms with Gasteiger partial charge in [-0.25, -0.2) is 4.99 Å². The molecule has 0 aliphatic heterocycles. The molecule has 13 heteroatoms. The van der Waals surface area contributed by atoms with E-state index >= 15 is 0 Å². The molecule has 1 aromatic heterocycles. The Hall–Kier alpha value is -2.73. The van der Waals surface area contributed by atoms with Gasteiger partial charge >= 0.3 is 12.1 Å². The normalized spacial score (nSPS) is 12.1. The fourth-order valence-corrected chi connectivity index (χ4v) is 1.31. The van der Waals surface area contributed by atoms with E-state index in [1.54, 1.807) is 0 Å². The lowest BCUT2D eigenvalue weighted by molar-refractivity contribution is -0.140. The van der Waals surface area contributed by atoms with Gasteiger partial charge in [0.05, 0.1) is 7.11 Å². The van der Waals surface area contributed by atoms with Gasteiger partial charge < -0.3 is 10.5 Å². The molecule has 0 fully saturated rings. The summed E-state index contributed by atoms with van der Waals surface area (Å²) in [6.45, 7) is -1.44. The molecule has 0 unspecified atom stereocenters. The van der Waals surface area contributed by atoms with Crippen LogP contribution in [-0.4, -0.2) is 57.8 Å². The van der Waals surface area contributed by atoms with Crippen LogP contribution in [-0.2, 0) is 9.53 Å². The van der Waals surface area contributed by atoms with Crippen molar-refractivity contribution in [3.05, 3.63) is 0 Å². The van der Waals surface area contributed by atoms with Crippen LogP contribution < -0.4 is 11.1 Å². The highest BCUT2D eigenvalue weighted by molar-refractivity contribution is 5.90. The van der Waals surface area contributed by atoms with Crippen molar-refractivity contribution in [3.8, 4) is 0 Å². The molecule has 0 atom stereocenters. The van der Waals surface area contributed by atoms with Gasteiger partial charge in [-0.2, -0.15) is 13.2 Å². The number of aromatic nitrogens is 4. The number of esters is 1. The number of aliphatic imine (C=N–C) groups is 1. The topological polar surface area (TPSA) is 144 Å². The smallest absolute Gasteiger partial charge is 0.408 e. The van der Waals surface area contributed by atoms with Gasteiger partial charge in [0.1, 0.15) is 12.4 Å². The number of rotatable bonds is 6. The maximum Gasteiger partial charge on any atom is 0.408 e. The third kappa shape index (κ3) is 7.19. The zero-order chi connectivity index (χ0) is 17.5. The van der Waals surface area contributed by atoms with Gasteiger partial charge in [0.2, 0.25) is 0 Å². The third-order valence-corrected chi connectivity index (χ3v) is 2.35. The monoisotopic (exact) mass is 336 g/mol. The summed E-state index contributed by atoms with van der Waals surface area (Å²) in [5, 5.41) is 20.6. The van der Waals surface area contributed by atoms with Crippen LogP contribution >= 0.6 is 0 Å². The van der Waals surface area contributed by atoms with Gasteiger partial charge in [-0.05, 0) is 11.6 Å². The summed E-state index contributed by atoms with van der Waals surface area (Å²) < 4.78 is 40.4. The lowest BCUT2D eigenvalue weighted by atomic mass is 10.2. The highest BCUT2D eigenvalue weighted by atomic mass is 19.4. The highest BCUT2D eigenvalue weighted by Gasteiger charge is 2.26. The SMILES string of the molecule is COC(=O)CCCC(=N)n1nnc(NC(N)=NCC(F)(F)F)n1. The van der Waals surface area contributed by atoms with Gasteiger partial charge in [-0.15, -0.1) is 9.90 Å². The molecule has 0 radical (unpaired) electrons. The maximum atomic E-state index is 12.0. The minimum Gasteiger partial charge on any atom is -0.469 e. The first-order valence-electron chi connectivity index (χ1n) is 6.29. The van der Waals surface area contributed by atoms with Crippen molar-refractivity contribution < 1.29 is 22.7 Å². The summed E-state index contributed by atoms with van der Waals surface area (Å²) in [6.07, 6.45) is -3.80. The summed E-state index contributed by atoms with van der Waals surface area (Å²) in [6, 6.07) is 0. The molecule has 10 nitrogen and oxygen atoms in total. The van der Waals surface area contributed by atoms with E-state index in [-0.39, 0.29) is 24.6 Å². The largest absolute Gasteiger partial charge is 0.469 e. The summed E-state index contributed by atoms with van der Waals surface area (Å²) in [5.74, 6) is -1.19. The van der Waals surface area contributed by atoms with Crippen molar-refractivity contribution >= 4 is 23.7 Å². The fraction of sp³-hybridized carbons (Fsp3) is 0.600. The number of hydrogen-bond donors (Lipinski definition) is 3. The van der Waals surface area contributed by atoms with Crippen molar-refractivity contribution in [3.63, 3.8) is 0 Å². The molecule has 0 spiro atoms. The number of nitrogens with one attached hydrogen (secondary N) is 2.